The van der Waals surface area contributed by atoms with Gasteiger partial charge in [0.05, 0.1) is 0 Å². The number of hydrogen-bond donors (Lipinski definition) is 2. The summed E-state index contributed by atoms with van der Waals surface area (Å²) in [6.45, 7) is 0.474. The Bertz CT molecular complexity index is 160. The Balaban J connectivity index is 0. The van der Waals surface area contributed by atoms with Crippen molar-refractivity contribution >= 4 is 12.2 Å². The first-order chi connectivity index (χ1) is 5.81. The predicted molar refractivity (Wildman–Crippen MR) is 45.3 cm³/mol. The fourth-order valence-electron chi connectivity index (χ4n) is 0.438. The summed E-state index contributed by atoms with van der Waals surface area (Å²) in [6.07, 6.45) is 6.68. The molecule has 0 aromatic carbocycles. The van der Waals surface area contributed by atoms with Crippen LogP contribution in [0.3, 0.4) is 0 Å². The maximum Gasteiger partial charge on any atom is 0.295 e. The second-order valence-electron chi connectivity index (χ2n) is 1.71. The Morgan fingerprint density at radius 1 is 1.67 bits per heavy atom. The molecule has 4 heteroatoms. The maximum absolute atomic E-state index is 10.3. The molecule has 0 radical (unpaired) electrons. The summed E-state index contributed by atoms with van der Waals surface area (Å²) < 4.78 is 0. The van der Waals surface area contributed by atoms with Gasteiger partial charge in [0.25, 0.3) is 5.91 Å². The number of unbranched alkanes of at least 4 members (excludes halogenated alkanes) is 1. The smallest absolute Gasteiger partial charge is 0.295 e. The van der Waals surface area contributed by atoms with Crippen LogP contribution in [0.25, 0.3) is 0 Å². The molecule has 0 aliphatic rings. The molecule has 0 aliphatic heterocycles. The fraction of sp³-hybridized carbons (Fsp3) is 0.500. The first kappa shape index (κ1) is 13.3. The predicted octanol–water partition coefficient (Wildman–Crippen LogP) is -0.677. The van der Waals surface area contributed by atoms with E-state index in [2.05, 4.69) is 5.32 Å². The molecule has 12 heavy (non-hydrogen) atoms. The Morgan fingerprint density at radius 3 is 2.67 bits per heavy atom. The van der Waals surface area contributed by atoms with Crippen LogP contribution in [0.15, 0.2) is 0 Å². The minimum absolute atomic E-state index is 0.425. The first-order valence-electron chi connectivity index (χ1n) is 3.44. The lowest BCUT2D eigenvalue weighted by Crippen LogP contribution is -2.22. The van der Waals surface area contributed by atoms with E-state index in [9.17, 15) is 9.59 Å². The maximum atomic E-state index is 10.3. The number of terminal acetylenes is 1. The van der Waals surface area contributed by atoms with Gasteiger partial charge >= 0.3 is 0 Å². The summed E-state index contributed by atoms with van der Waals surface area (Å²) >= 11 is 0. The highest BCUT2D eigenvalue weighted by atomic mass is 16.2. The summed E-state index contributed by atoms with van der Waals surface area (Å²) in [5, 5.41) is 9.43. The highest BCUT2D eigenvalue weighted by molar-refractivity contribution is 5.92. The number of hydrogen-bond acceptors (Lipinski definition) is 3. The van der Waals surface area contributed by atoms with E-state index in [-0.39, 0.29) is 0 Å². The molecule has 0 unspecified atom stereocenters. The zero-order valence-corrected chi connectivity index (χ0v) is 7.04. The van der Waals surface area contributed by atoms with Crippen LogP contribution in [0.4, 0.5) is 0 Å². The Morgan fingerprint density at radius 2 is 2.25 bits per heavy atom. The third-order valence-corrected chi connectivity index (χ3v) is 0.915. The van der Waals surface area contributed by atoms with Crippen LogP contribution in [0, 0.1) is 12.3 Å². The van der Waals surface area contributed by atoms with Crippen molar-refractivity contribution < 1.29 is 14.7 Å². The standard InChI is InChI=1S/C7H9NO2.CH4O/c1-2-7(10)8-5-3-4-6-9;1-2/h1,6H,3-5H2,(H,8,10);2H,1H3. The molecule has 68 valence electrons. The number of amides is 1. The van der Waals surface area contributed by atoms with Gasteiger partial charge in [-0.15, -0.1) is 6.42 Å². The highest BCUT2D eigenvalue weighted by Crippen LogP contribution is 1.79. The number of carbonyl (C=O) groups excluding carboxylic acids is 2. The molecule has 0 saturated carbocycles. The van der Waals surface area contributed by atoms with E-state index in [4.69, 9.17) is 11.5 Å². The average Bonchev–Trinajstić information content (AvgIpc) is 2.15. The summed E-state index contributed by atoms with van der Waals surface area (Å²) in [4.78, 5) is 20.1. The Kier molecular flexibility index (Phi) is 13.6. The Labute approximate surface area is 72.0 Å². The molecule has 0 fully saturated rings. The number of aliphatic hydroxyl groups is 1. The summed E-state index contributed by atoms with van der Waals surface area (Å²) in [5.74, 6) is 1.48. The molecule has 0 spiro atoms. The van der Waals surface area contributed by atoms with Gasteiger partial charge in [-0.1, -0.05) is 0 Å². The van der Waals surface area contributed by atoms with Gasteiger partial charge in [-0.3, -0.25) is 4.79 Å². The zero-order chi connectivity index (χ0) is 9.82. The van der Waals surface area contributed by atoms with Gasteiger partial charge < -0.3 is 15.2 Å². The molecule has 0 saturated heterocycles. The topological polar surface area (TPSA) is 66.4 Å². The first-order valence-corrected chi connectivity index (χ1v) is 3.44. The molecule has 0 aliphatic carbocycles. The quantitative estimate of drug-likeness (QED) is 0.335. The van der Waals surface area contributed by atoms with Crippen molar-refractivity contribution in [3.05, 3.63) is 0 Å². The van der Waals surface area contributed by atoms with Crippen LogP contribution < -0.4 is 5.32 Å². The van der Waals surface area contributed by atoms with Crippen molar-refractivity contribution in [1.29, 1.82) is 0 Å². The molecular formula is C8H13NO3. The van der Waals surface area contributed by atoms with Crippen LogP contribution in [0.1, 0.15) is 12.8 Å². The molecule has 4 nitrogen and oxygen atoms in total. The molecule has 0 atom stereocenters. The molecule has 2 N–H and O–H groups in total. The van der Waals surface area contributed by atoms with Crippen molar-refractivity contribution in [2.45, 2.75) is 12.8 Å². The number of rotatable bonds is 4. The number of aliphatic hydroxyl groups excluding tert-OH is 1. The van der Waals surface area contributed by atoms with Crippen molar-refractivity contribution in [3.63, 3.8) is 0 Å². The van der Waals surface area contributed by atoms with Gasteiger partial charge in [0.1, 0.15) is 6.29 Å². The number of carbonyl (C=O) groups is 2. The molecule has 1 amide bonds. The SMILES string of the molecule is C#CC(=O)NCCCC=O.CO. The van der Waals surface area contributed by atoms with Crippen LogP contribution in [-0.2, 0) is 9.59 Å². The van der Waals surface area contributed by atoms with Gasteiger partial charge in [0.15, 0.2) is 0 Å². The van der Waals surface area contributed by atoms with E-state index in [1.165, 1.54) is 0 Å². The molecule has 0 heterocycles. The second-order valence-corrected chi connectivity index (χ2v) is 1.71. The van der Waals surface area contributed by atoms with Crippen molar-refractivity contribution in [2.24, 2.45) is 0 Å². The third kappa shape index (κ3) is 11.5. The van der Waals surface area contributed by atoms with Gasteiger partial charge in [0, 0.05) is 20.1 Å². The molecule has 0 rings (SSSR count). The summed E-state index contributed by atoms with van der Waals surface area (Å²) in [6, 6.07) is 0. The van der Waals surface area contributed by atoms with Gasteiger partial charge in [0.2, 0.25) is 0 Å². The lowest BCUT2D eigenvalue weighted by Gasteiger charge is -1.95. The van der Waals surface area contributed by atoms with Crippen molar-refractivity contribution in [2.75, 3.05) is 13.7 Å². The number of aldehydes is 1. The minimum Gasteiger partial charge on any atom is -0.400 e. The molecular weight excluding hydrogens is 158 g/mol. The van der Waals surface area contributed by atoms with E-state index < -0.39 is 5.91 Å². The van der Waals surface area contributed by atoms with Crippen molar-refractivity contribution in [1.82, 2.24) is 5.32 Å². The normalized spacial score (nSPS) is 7.08. The largest absolute Gasteiger partial charge is 0.400 e. The minimum atomic E-state index is -0.425. The molecule has 0 aromatic heterocycles. The van der Waals surface area contributed by atoms with E-state index in [1.807, 2.05) is 5.92 Å². The van der Waals surface area contributed by atoms with Gasteiger partial charge in [-0.2, -0.15) is 0 Å². The van der Waals surface area contributed by atoms with Crippen LogP contribution in [0.2, 0.25) is 0 Å². The fourth-order valence-corrected chi connectivity index (χ4v) is 0.438. The Hall–Kier alpha value is -1.34. The van der Waals surface area contributed by atoms with E-state index in [0.29, 0.717) is 19.4 Å². The summed E-state index contributed by atoms with van der Waals surface area (Å²) in [7, 11) is 1.00. The van der Waals surface area contributed by atoms with Gasteiger partial charge in [-0.25, -0.2) is 0 Å². The van der Waals surface area contributed by atoms with Crippen LogP contribution in [-0.4, -0.2) is 31.0 Å². The summed E-state index contributed by atoms with van der Waals surface area (Å²) in [5.41, 5.74) is 0. The van der Waals surface area contributed by atoms with Crippen LogP contribution >= 0.6 is 0 Å². The second kappa shape index (κ2) is 12.3. The monoisotopic (exact) mass is 171 g/mol. The molecule has 0 bridgehead atoms. The molecule has 0 aromatic rings. The zero-order valence-electron chi connectivity index (χ0n) is 7.04. The highest BCUT2D eigenvalue weighted by Gasteiger charge is 1.91. The van der Waals surface area contributed by atoms with E-state index in [1.54, 1.807) is 0 Å². The van der Waals surface area contributed by atoms with Crippen LogP contribution in [0.5, 0.6) is 0 Å². The van der Waals surface area contributed by atoms with E-state index >= 15 is 0 Å². The average molecular weight is 171 g/mol. The lowest BCUT2D eigenvalue weighted by molar-refractivity contribution is -0.116. The number of nitrogens with one attached hydrogen (secondary N) is 1. The van der Waals surface area contributed by atoms with E-state index in [0.717, 1.165) is 13.4 Å². The lowest BCUT2D eigenvalue weighted by atomic mass is 10.3. The third-order valence-electron chi connectivity index (χ3n) is 0.915. The van der Waals surface area contributed by atoms with Gasteiger partial charge in [-0.05, 0) is 12.3 Å². The van der Waals surface area contributed by atoms with Crippen molar-refractivity contribution in [3.8, 4) is 12.3 Å².